The molecule has 6 heteroatoms. The number of ether oxygens (including phenoxy) is 2. The van der Waals surface area contributed by atoms with Crippen molar-refractivity contribution in [3.05, 3.63) is 58.1 Å². The predicted octanol–water partition coefficient (Wildman–Crippen LogP) is 3.92. The average Bonchev–Trinajstić information content (AvgIpc) is 2.56. The maximum absolute atomic E-state index is 12.4. The Hall–Kier alpha value is -1.69. The molecule has 0 saturated heterocycles. The number of benzene rings is 2. The first-order valence-corrected chi connectivity index (χ1v) is 8.63. The average molecular weight is 353 g/mol. The van der Waals surface area contributed by atoms with Crippen molar-refractivity contribution in [2.75, 3.05) is 13.4 Å². The number of aliphatic hydroxyl groups excluding tert-OH is 1. The van der Waals surface area contributed by atoms with Crippen LogP contribution in [0.2, 0.25) is 5.02 Å². The van der Waals surface area contributed by atoms with Gasteiger partial charge in [-0.1, -0.05) is 17.7 Å². The van der Waals surface area contributed by atoms with Crippen molar-refractivity contribution in [2.45, 2.75) is 12.4 Å². The fourth-order valence-electron chi connectivity index (χ4n) is 2.11. The molecule has 23 heavy (non-hydrogen) atoms. The molecular formula is C17H17ClO4S. The normalized spacial score (nSPS) is 10.4. The molecule has 0 aliphatic rings. The molecule has 0 atom stereocenters. The van der Waals surface area contributed by atoms with Crippen molar-refractivity contribution in [2.24, 2.45) is 0 Å². The van der Waals surface area contributed by atoms with Crippen LogP contribution in [0.5, 0.6) is 11.5 Å². The summed E-state index contributed by atoms with van der Waals surface area (Å²) in [7, 11) is 1.50. The van der Waals surface area contributed by atoms with E-state index in [0.29, 0.717) is 33.4 Å². The molecule has 0 fully saturated rings. The van der Waals surface area contributed by atoms with Gasteiger partial charge >= 0.3 is 5.97 Å². The van der Waals surface area contributed by atoms with E-state index in [1.165, 1.54) is 7.11 Å². The van der Waals surface area contributed by atoms with Gasteiger partial charge in [-0.05, 0) is 42.2 Å². The lowest BCUT2D eigenvalue weighted by molar-refractivity contribution is 0.0728. The van der Waals surface area contributed by atoms with Crippen LogP contribution in [0.25, 0.3) is 0 Å². The molecule has 0 aliphatic heterocycles. The third-order valence-electron chi connectivity index (χ3n) is 3.15. The fraction of sp³-hybridized carbons (Fsp3) is 0.235. The second kappa shape index (κ2) is 8.24. The van der Waals surface area contributed by atoms with Crippen LogP contribution in [-0.4, -0.2) is 24.4 Å². The van der Waals surface area contributed by atoms with Crippen LogP contribution in [0.4, 0.5) is 0 Å². The number of thioether (sulfide) groups is 1. The summed E-state index contributed by atoms with van der Waals surface area (Å²) < 4.78 is 10.9. The summed E-state index contributed by atoms with van der Waals surface area (Å²) in [6.07, 6.45) is 1.95. The van der Waals surface area contributed by atoms with Crippen molar-refractivity contribution >= 4 is 29.3 Å². The standard InChI is InChI=1S/C17H17ClO4S/c1-21-15-7-11(9-19)6-13(10-23-2)16(15)22-17(20)12-4-3-5-14(18)8-12/h3-8,19H,9-10H2,1-2H3. The number of rotatable bonds is 6. The molecule has 0 radical (unpaired) electrons. The van der Waals surface area contributed by atoms with Crippen molar-refractivity contribution in [3.8, 4) is 11.5 Å². The van der Waals surface area contributed by atoms with E-state index in [4.69, 9.17) is 21.1 Å². The summed E-state index contributed by atoms with van der Waals surface area (Å²) in [6, 6.07) is 10.0. The SMILES string of the molecule is COc1cc(CO)cc(CSC)c1OC(=O)c1cccc(Cl)c1. The Morgan fingerprint density at radius 2 is 2.09 bits per heavy atom. The van der Waals surface area contributed by atoms with Gasteiger partial charge in [0.05, 0.1) is 19.3 Å². The molecule has 0 unspecified atom stereocenters. The maximum atomic E-state index is 12.4. The van der Waals surface area contributed by atoms with Crippen molar-refractivity contribution in [1.82, 2.24) is 0 Å². The molecule has 1 N–H and O–H groups in total. The van der Waals surface area contributed by atoms with Gasteiger partial charge in [0.2, 0.25) is 0 Å². The van der Waals surface area contributed by atoms with Gasteiger partial charge in [0.25, 0.3) is 0 Å². The summed E-state index contributed by atoms with van der Waals surface area (Å²) in [5, 5.41) is 9.81. The molecule has 0 spiro atoms. The van der Waals surface area contributed by atoms with E-state index < -0.39 is 5.97 Å². The van der Waals surface area contributed by atoms with E-state index in [1.54, 1.807) is 48.2 Å². The lowest BCUT2D eigenvalue weighted by atomic mass is 10.1. The molecule has 0 saturated carbocycles. The monoisotopic (exact) mass is 352 g/mol. The van der Waals surface area contributed by atoms with Gasteiger partial charge in [-0.2, -0.15) is 11.8 Å². The summed E-state index contributed by atoms with van der Waals surface area (Å²) in [5.41, 5.74) is 1.85. The van der Waals surface area contributed by atoms with E-state index in [2.05, 4.69) is 0 Å². The van der Waals surface area contributed by atoms with Crippen molar-refractivity contribution in [1.29, 1.82) is 0 Å². The van der Waals surface area contributed by atoms with Crippen LogP contribution in [0, 0.1) is 0 Å². The number of aliphatic hydroxyl groups is 1. The zero-order valence-electron chi connectivity index (χ0n) is 12.8. The first-order chi connectivity index (χ1) is 11.1. The zero-order valence-corrected chi connectivity index (χ0v) is 14.4. The van der Waals surface area contributed by atoms with Crippen LogP contribution < -0.4 is 9.47 Å². The Kier molecular flexibility index (Phi) is 6.33. The molecule has 2 rings (SSSR count). The summed E-state index contributed by atoms with van der Waals surface area (Å²) in [4.78, 5) is 12.4. The first-order valence-electron chi connectivity index (χ1n) is 6.86. The molecule has 0 aliphatic carbocycles. The maximum Gasteiger partial charge on any atom is 0.343 e. The highest BCUT2D eigenvalue weighted by Gasteiger charge is 2.18. The largest absolute Gasteiger partial charge is 0.493 e. The molecule has 0 aromatic heterocycles. The Morgan fingerprint density at radius 1 is 1.30 bits per heavy atom. The van der Waals surface area contributed by atoms with Gasteiger partial charge < -0.3 is 14.6 Å². The number of halogens is 1. The van der Waals surface area contributed by atoms with Crippen molar-refractivity contribution < 1.29 is 19.4 Å². The van der Waals surface area contributed by atoms with Gasteiger partial charge in [-0.15, -0.1) is 0 Å². The third-order valence-corrected chi connectivity index (χ3v) is 3.98. The number of methoxy groups -OCH3 is 1. The highest BCUT2D eigenvalue weighted by molar-refractivity contribution is 7.97. The minimum absolute atomic E-state index is 0.111. The van der Waals surface area contributed by atoms with Crippen LogP contribution >= 0.6 is 23.4 Å². The first kappa shape index (κ1) is 17.7. The van der Waals surface area contributed by atoms with Crippen LogP contribution in [0.3, 0.4) is 0 Å². The quantitative estimate of drug-likeness (QED) is 0.630. The van der Waals surface area contributed by atoms with E-state index in [9.17, 15) is 9.90 Å². The summed E-state index contributed by atoms with van der Waals surface area (Å²) >= 11 is 7.49. The molecule has 4 nitrogen and oxygen atoms in total. The van der Waals surface area contributed by atoms with E-state index in [-0.39, 0.29) is 6.61 Å². The molecule has 122 valence electrons. The number of carbonyl (C=O) groups excluding carboxylic acids is 1. The lowest BCUT2D eigenvalue weighted by Gasteiger charge is -2.15. The Balaban J connectivity index is 2.39. The smallest absolute Gasteiger partial charge is 0.343 e. The second-order valence-electron chi connectivity index (χ2n) is 4.78. The van der Waals surface area contributed by atoms with E-state index in [0.717, 1.165) is 5.56 Å². The lowest BCUT2D eigenvalue weighted by Crippen LogP contribution is -2.11. The molecular weight excluding hydrogens is 336 g/mol. The number of esters is 1. The number of hydrogen-bond donors (Lipinski definition) is 1. The third kappa shape index (κ3) is 4.41. The zero-order chi connectivity index (χ0) is 16.8. The van der Waals surface area contributed by atoms with Crippen molar-refractivity contribution in [3.63, 3.8) is 0 Å². The van der Waals surface area contributed by atoms with E-state index >= 15 is 0 Å². The van der Waals surface area contributed by atoms with Gasteiger partial charge in [-0.25, -0.2) is 4.79 Å². The van der Waals surface area contributed by atoms with Gasteiger partial charge in [0.15, 0.2) is 11.5 Å². The fourth-order valence-corrected chi connectivity index (χ4v) is 2.83. The molecule has 2 aromatic rings. The van der Waals surface area contributed by atoms with Gasteiger partial charge in [0, 0.05) is 16.3 Å². The Morgan fingerprint density at radius 3 is 2.70 bits per heavy atom. The van der Waals surface area contributed by atoms with Crippen LogP contribution in [0.15, 0.2) is 36.4 Å². The van der Waals surface area contributed by atoms with Gasteiger partial charge in [0.1, 0.15) is 0 Å². The highest BCUT2D eigenvalue weighted by Crippen LogP contribution is 2.35. The minimum atomic E-state index is -0.509. The van der Waals surface area contributed by atoms with Gasteiger partial charge in [-0.3, -0.25) is 0 Å². The topological polar surface area (TPSA) is 55.8 Å². The molecule has 2 aromatic carbocycles. The minimum Gasteiger partial charge on any atom is -0.493 e. The highest BCUT2D eigenvalue weighted by atomic mass is 35.5. The number of carbonyl (C=O) groups is 1. The molecule has 0 heterocycles. The Bertz CT molecular complexity index is 703. The number of hydrogen-bond acceptors (Lipinski definition) is 5. The predicted molar refractivity (Wildman–Crippen MR) is 92.5 cm³/mol. The molecule has 0 amide bonds. The van der Waals surface area contributed by atoms with E-state index in [1.807, 2.05) is 6.26 Å². The Labute approximate surface area is 144 Å². The summed E-state index contributed by atoms with van der Waals surface area (Å²) in [5.74, 6) is 0.896. The van der Waals surface area contributed by atoms with Crippen LogP contribution in [-0.2, 0) is 12.4 Å². The summed E-state index contributed by atoms with van der Waals surface area (Å²) in [6.45, 7) is -0.111. The van der Waals surface area contributed by atoms with Crippen LogP contribution in [0.1, 0.15) is 21.5 Å². The second-order valence-corrected chi connectivity index (χ2v) is 6.08. The molecule has 0 bridgehead atoms.